The lowest BCUT2D eigenvalue weighted by Gasteiger charge is -2.40. The molecule has 6 nitrogen and oxygen atoms in total. The lowest BCUT2D eigenvalue weighted by atomic mass is 9.92. The molecule has 0 amide bonds. The average molecular weight is 222 g/mol. The van der Waals surface area contributed by atoms with Crippen molar-refractivity contribution in [2.24, 2.45) is 0 Å². The van der Waals surface area contributed by atoms with Crippen LogP contribution in [-0.2, 0) is 4.74 Å². The van der Waals surface area contributed by atoms with Crippen LogP contribution in [0.3, 0.4) is 0 Å². The van der Waals surface area contributed by atoms with E-state index in [-0.39, 0.29) is 6.42 Å². The van der Waals surface area contributed by atoms with Gasteiger partial charge in [0, 0.05) is 6.42 Å². The fraction of sp³-hybridized carbons (Fsp3) is 1.00. The van der Waals surface area contributed by atoms with Crippen LogP contribution in [0.1, 0.15) is 13.3 Å². The fourth-order valence-corrected chi connectivity index (χ4v) is 1.71. The maximum atomic E-state index is 9.54. The van der Waals surface area contributed by atoms with E-state index >= 15 is 0 Å². The third-order valence-corrected chi connectivity index (χ3v) is 2.56. The molecule has 0 aliphatic carbocycles. The minimum Gasteiger partial charge on any atom is -0.394 e. The summed E-state index contributed by atoms with van der Waals surface area (Å²) in [7, 11) is 0. The van der Waals surface area contributed by atoms with Crippen molar-refractivity contribution in [1.82, 2.24) is 0 Å². The Kier molecular flexibility index (Phi) is 4.45. The van der Waals surface area contributed by atoms with E-state index < -0.39 is 43.2 Å². The number of rotatable bonds is 3. The van der Waals surface area contributed by atoms with Crippen molar-refractivity contribution in [2.45, 2.75) is 50.0 Å². The molecule has 90 valence electrons. The molecule has 0 aromatic carbocycles. The van der Waals surface area contributed by atoms with E-state index in [2.05, 4.69) is 0 Å². The summed E-state index contributed by atoms with van der Waals surface area (Å²) in [4.78, 5) is 0. The van der Waals surface area contributed by atoms with Crippen molar-refractivity contribution >= 4 is 0 Å². The van der Waals surface area contributed by atoms with Crippen LogP contribution in [0.25, 0.3) is 0 Å². The van der Waals surface area contributed by atoms with Gasteiger partial charge in [0.1, 0.15) is 24.4 Å². The normalized spacial score (nSPS) is 44.0. The third kappa shape index (κ3) is 2.87. The van der Waals surface area contributed by atoms with Gasteiger partial charge in [0.15, 0.2) is 0 Å². The molecule has 0 bridgehead atoms. The molecule has 0 saturated carbocycles. The quantitative estimate of drug-likeness (QED) is 0.364. The Morgan fingerprint density at radius 2 is 1.60 bits per heavy atom. The molecule has 1 unspecified atom stereocenters. The van der Waals surface area contributed by atoms with Gasteiger partial charge in [0.2, 0.25) is 0 Å². The van der Waals surface area contributed by atoms with Crippen LogP contribution in [0.5, 0.6) is 0 Å². The molecule has 0 radical (unpaired) electrons. The molecule has 5 N–H and O–H groups in total. The van der Waals surface area contributed by atoms with Crippen LogP contribution in [0.2, 0.25) is 0 Å². The maximum absolute atomic E-state index is 9.54. The number of hydrogen-bond acceptors (Lipinski definition) is 6. The molecule has 0 aromatic heterocycles. The molecule has 6 atom stereocenters. The molecule has 1 fully saturated rings. The van der Waals surface area contributed by atoms with Crippen LogP contribution in [0, 0.1) is 0 Å². The first-order valence-electron chi connectivity index (χ1n) is 4.96. The Morgan fingerprint density at radius 3 is 2.07 bits per heavy atom. The molecular weight excluding hydrogens is 204 g/mol. The van der Waals surface area contributed by atoms with Crippen LogP contribution in [0.15, 0.2) is 0 Å². The van der Waals surface area contributed by atoms with E-state index in [0.29, 0.717) is 0 Å². The predicted octanol–water partition coefficient (Wildman–Crippen LogP) is -2.40. The Morgan fingerprint density at radius 1 is 1.07 bits per heavy atom. The lowest BCUT2D eigenvalue weighted by Crippen LogP contribution is -2.58. The minimum atomic E-state index is -1.36. The molecule has 1 saturated heterocycles. The minimum absolute atomic E-state index is 0.140. The molecule has 0 aromatic rings. The average Bonchev–Trinajstić information content (AvgIpc) is 2.18. The smallest absolute Gasteiger partial charge is 0.111 e. The molecule has 0 spiro atoms. The van der Waals surface area contributed by atoms with Crippen molar-refractivity contribution in [1.29, 1.82) is 0 Å². The van der Waals surface area contributed by atoms with Crippen LogP contribution >= 0.6 is 0 Å². The van der Waals surface area contributed by atoms with Crippen molar-refractivity contribution < 1.29 is 30.3 Å². The summed E-state index contributed by atoms with van der Waals surface area (Å²) in [6.45, 7) is 1.09. The van der Waals surface area contributed by atoms with Crippen molar-refractivity contribution in [3.8, 4) is 0 Å². The van der Waals surface area contributed by atoms with E-state index in [9.17, 15) is 15.3 Å². The van der Waals surface area contributed by atoms with Gasteiger partial charge >= 0.3 is 0 Å². The first kappa shape index (κ1) is 12.8. The zero-order valence-electron chi connectivity index (χ0n) is 8.52. The summed E-state index contributed by atoms with van der Waals surface area (Å²) in [6.07, 6.45) is -6.17. The SMILES string of the molecule is CC(O)C[C@@H]1O[C@H](CO)[C@H](O)[C@H](O)[C@H]1O. The van der Waals surface area contributed by atoms with E-state index in [0.717, 1.165) is 0 Å². The Hall–Kier alpha value is -0.240. The van der Waals surface area contributed by atoms with E-state index in [1.54, 1.807) is 0 Å². The van der Waals surface area contributed by atoms with Crippen molar-refractivity contribution in [3.05, 3.63) is 0 Å². The fourth-order valence-electron chi connectivity index (χ4n) is 1.71. The van der Waals surface area contributed by atoms with Crippen molar-refractivity contribution in [2.75, 3.05) is 6.61 Å². The van der Waals surface area contributed by atoms with Crippen LogP contribution in [-0.4, -0.2) is 68.8 Å². The first-order valence-corrected chi connectivity index (χ1v) is 4.96. The largest absolute Gasteiger partial charge is 0.394 e. The number of ether oxygens (including phenoxy) is 1. The van der Waals surface area contributed by atoms with Crippen molar-refractivity contribution in [3.63, 3.8) is 0 Å². The van der Waals surface area contributed by atoms with Gasteiger partial charge in [0.25, 0.3) is 0 Å². The van der Waals surface area contributed by atoms with Gasteiger partial charge < -0.3 is 30.3 Å². The summed E-state index contributed by atoms with van der Waals surface area (Å²) in [5, 5.41) is 46.4. The molecule has 1 heterocycles. The summed E-state index contributed by atoms with van der Waals surface area (Å²) in [5.74, 6) is 0. The first-order chi connectivity index (χ1) is 6.97. The highest BCUT2D eigenvalue weighted by atomic mass is 16.5. The van der Waals surface area contributed by atoms with Gasteiger partial charge in [-0.2, -0.15) is 0 Å². The zero-order chi connectivity index (χ0) is 11.6. The second-order valence-corrected chi connectivity index (χ2v) is 3.95. The molecule has 1 rings (SSSR count). The molecule has 6 heteroatoms. The highest BCUT2D eigenvalue weighted by molar-refractivity contribution is 4.92. The Bertz CT molecular complexity index is 195. The van der Waals surface area contributed by atoms with E-state index in [4.69, 9.17) is 14.9 Å². The second-order valence-electron chi connectivity index (χ2n) is 3.95. The molecule has 1 aliphatic heterocycles. The summed E-state index contributed by atoms with van der Waals surface area (Å²) >= 11 is 0. The summed E-state index contributed by atoms with van der Waals surface area (Å²) in [6, 6.07) is 0. The topological polar surface area (TPSA) is 110 Å². The van der Waals surface area contributed by atoms with E-state index in [1.165, 1.54) is 6.92 Å². The highest BCUT2D eigenvalue weighted by Gasteiger charge is 2.43. The zero-order valence-corrected chi connectivity index (χ0v) is 8.52. The van der Waals surface area contributed by atoms with Gasteiger partial charge in [-0.25, -0.2) is 0 Å². The molecule has 1 aliphatic rings. The predicted molar refractivity (Wildman–Crippen MR) is 50.1 cm³/mol. The van der Waals surface area contributed by atoms with Gasteiger partial charge in [0.05, 0.1) is 18.8 Å². The standard InChI is InChI=1S/C9H18O6/c1-4(11)2-5-7(12)9(14)8(13)6(3-10)15-5/h4-14H,2-3H2,1H3/t4?,5-,6+,7-,8-,9+/m0/s1. The molecule has 15 heavy (non-hydrogen) atoms. The van der Waals surface area contributed by atoms with Gasteiger partial charge in [-0.3, -0.25) is 0 Å². The Labute approximate surface area is 87.7 Å². The van der Waals surface area contributed by atoms with E-state index in [1.807, 2.05) is 0 Å². The summed E-state index contributed by atoms with van der Waals surface area (Å²) < 4.78 is 5.17. The van der Waals surface area contributed by atoms with Crippen LogP contribution < -0.4 is 0 Å². The maximum Gasteiger partial charge on any atom is 0.111 e. The van der Waals surface area contributed by atoms with Gasteiger partial charge in [-0.05, 0) is 6.92 Å². The van der Waals surface area contributed by atoms with Crippen LogP contribution in [0.4, 0.5) is 0 Å². The monoisotopic (exact) mass is 222 g/mol. The molecular formula is C9H18O6. The second kappa shape index (κ2) is 5.20. The van der Waals surface area contributed by atoms with Gasteiger partial charge in [-0.1, -0.05) is 0 Å². The number of aliphatic hydroxyl groups is 5. The number of aliphatic hydroxyl groups excluding tert-OH is 5. The highest BCUT2D eigenvalue weighted by Crippen LogP contribution is 2.23. The summed E-state index contributed by atoms with van der Waals surface area (Å²) in [5.41, 5.74) is 0. The third-order valence-electron chi connectivity index (χ3n) is 2.56. The number of hydrogen-bond donors (Lipinski definition) is 5. The lowest BCUT2D eigenvalue weighted by molar-refractivity contribution is -0.233. The van der Waals surface area contributed by atoms with Gasteiger partial charge in [-0.15, -0.1) is 0 Å². The Balaban J connectivity index is 2.65.